The van der Waals surface area contributed by atoms with Gasteiger partial charge in [-0.2, -0.15) is 11.8 Å². The number of nitrogens with zero attached hydrogens (tertiary/aromatic N) is 1. The first-order chi connectivity index (χ1) is 7.20. The van der Waals surface area contributed by atoms with Crippen LogP contribution < -0.4 is 0 Å². The number of ether oxygens (including phenoxy) is 1. The van der Waals surface area contributed by atoms with E-state index in [9.17, 15) is 9.59 Å². The molecule has 0 radical (unpaired) electrons. The van der Waals surface area contributed by atoms with Crippen molar-refractivity contribution in [2.24, 2.45) is 0 Å². The Morgan fingerprint density at radius 2 is 1.93 bits per heavy atom. The maximum Gasteiger partial charge on any atom is 0.327 e. The molecule has 0 spiro atoms. The Morgan fingerprint density at radius 1 is 1.27 bits per heavy atom. The first-order valence-corrected chi connectivity index (χ1v) is 6.50. The molecule has 1 heterocycles. The second-order valence-corrected chi connectivity index (χ2v) is 5.10. The van der Waals surface area contributed by atoms with E-state index < -0.39 is 11.9 Å². The number of hydrogen-bond acceptors (Lipinski definition) is 5. The highest BCUT2D eigenvalue weighted by Crippen LogP contribution is 2.32. The first-order valence-electron chi connectivity index (χ1n) is 5.21. The van der Waals surface area contributed by atoms with E-state index in [1.54, 1.807) is 0 Å². The molecule has 2 rings (SSSR count). The first kappa shape index (κ1) is 11.0. The number of thioether (sulfide) groups is 1. The molecule has 0 N–H and O–H groups in total. The van der Waals surface area contributed by atoms with Gasteiger partial charge >= 0.3 is 11.9 Å². The quantitative estimate of drug-likeness (QED) is 0.514. The highest BCUT2D eigenvalue weighted by molar-refractivity contribution is 7.99. The van der Waals surface area contributed by atoms with Crippen LogP contribution in [0, 0.1) is 0 Å². The largest absolute Gasteiger partial charge is 0.391 e. The normalized spacial score (nSPS) is 33.1. The zero-order valence-electron chi connectivity index (χ0n) is 8.77. The second kappa shape index (κ2) is 4.53. The van der Waals surface area contributed by atoms with Gasteiger partial charge in [0.15, 0.2) is 0 Å². The van der Waals surface area contributed by atoms with Crippen LogP contribution in [0.5, 0.6) is 0 Å². The number of carbonyl (C=O) groups is 2. The summed E-state index contributed by atoms with van der Waals surface area (Å²) in [7, 11) is 0. The van der Waals surface area contributed by atoms with E-state index in [1.807, 2.05) is 16.7 Å². The maximum absolute atomic E-state index is 11.1. The van der Waals surface area contributed by atoms with Gasteiger partial charge in [0.1, 0.15) is 0 Å². The van der Waals surface area contributed by atoms with Crippen molar-refractivity contribution < 1.29 is 14.3 Å². The summed E-state index contributed by atoms with van der Waals surface area (Å²) in [5.41, 5.74) is 0. The Morgan fingerprint density at radius 3 is 2.53 bits per heavy atom. The average Bonchev–Trinajstić information content (AvgIpc) is 2.63. The van der Waals surface area contributed by atoms with Gasteiger partial charge in [-0.1, -0.05) is 6.42 Å². The Kier molecular flexibility index (Phi) is 3.31. The van der Waals surface area contributed by atoms with E-state index in [2.05, 4.69) is 11.0 Å². The Balaban J connectivity index is 2.02. The van der Waals surface area contributed by atoms with E-state index in [0.717, 1.165) is 6.42 Å². The van der Waals surface area contributed by atoms with E-state index in [-0.39, 0.29) is 13.1 Å². The van der Waals surface area contributed by atoms with Gasteiger partial charge in [-0.05, 0) is 19.1 Å². The monoisotopic (exact) mass is 229 g/mol. The van der Waals surface area contributed by atoms with Crippen molar-refractivity contribution in [3.05, 3.63) is 0 Å². The molecule has 1 aliphatic carbocycles. The zero-order chi connectivity index (χ0) is 10.8. The predicted molar refractivity (Wildman–Crippen MR) is 57.6 cm³/mol. The lowest BCUT2D eigenvalue weighted by Crippen LogP contribution is -2.50. The average molecular weight is 229 g/mol. The zero-order valence-corrected chi connectivity index (χ0v) is 9.59. The molecule has 1 saturated heterocycles. The number of esters is 2. The molecule has 2 unspecified atom stereocenters. The molecular weight excluding hydrogens is 214 g/mol. The number of hydrogen-bond donors (Lipinski definition) is 0. The third-order valence-electron chi connectivity index (χ3n) is 3.08. The van der Waals surface area contributed by atoms with Crippen molar-refractivity contribution in [1.29, 1.82) is 0 Å². The summed E-state index contributed by atoms with van der Waals surface area (Å²) in [5.74, 6) is -0.809. The molecule has 0 aromatic rings. The summed E-state index contributed by atoms with van der Waals surface area (Å²) in [6.45, 7) is 0.543. The van der Waals surface area contributed by atoms with Crippen molar-refractivity contribution in [1.82, 2.24) is 4.90 Å². The topological polar surface area (TPSA) is 46.6 Å². The minimum Gasteiger partial charge on any atom is -0.391 e. The number of carbonyl (C=O) groups excluding carboxylic acids is 2. The van der Waals surface area contributed by atoms with Gasteiger partial charge in [-0.25, -0.2) is 0 Å². The van der Waals surface area contributed by atoms with E-state index >= 15 is 0 Å². The molecule has 0 bridgehead atoms. The lowest BCUT2D eigenvalue weighted by Gasteiger charge is -2.32. The third-order valence-corrected chi connectivity index (χ3v) is 4.24. The smallest absolute Gasteiger partial charge is 0.327 e. The van der Waals surface area contributed by atoms with Crippen LogP contribution in [0.2, 0.25) is 0 Å². The molecule has 2 atom stereocenters. The summed E-state index contributed by atoms with van der Waals surface area (Å²) in [4.78, 5) is 24.3. The van der Waals surface area contributed by atoms with Gasteiger partial charge in [0, 0.05) is 11.3 Å². The summed E-state index contributed by atoms with van der Waals surface area (Å²) in [5, 5.41) is 0.559. The molecular formula is C10H15NO3S. The highest BCUT2D eigenvalue weighted by Gasteiger charge is 2.36. The summed E-state index contributed by atoms with van der Waals surface area (Å²) in [6.07, 6.45) is 5.56. The van der Waals surface area contributed by atoms with Crippen molar-refractivity contribution in [3.63, 3.8) is 0 Å². The predicted octanol–water partition coefficient (Wildman–Crippen LogP) is 0.656. The molecule has 0 amide bonds. The fourth-order valence-electron chi connectivity index (χ4n) is 2.41. The van der Waals surface area contributed by atoms with Gasteiger partial charge in [0.25, 0.3) is 0 Å². The van der Waals surface area contributed by atoms with Crippen molar-refractivity contribution >= 4 is 23.7 Å². The van der Waals surface area contributed by atoms with Gasteiger partial charge in [-0.15, -0.1) is 0 Å². The van der Waals surface area contributed by atoms with E-state index in [1.165, 1.54) is 12.8 Å². The lowest BCUT2D eigenvalue weighted by atomic mass is 10.2. The van der Waals surface area contributed by atoms with Gasteiger partial charge in [0.2, 0.25) is 0 Å². The van der Waals surface area contributed by atoms with Crippen molar-refractivity contribution in [2.45, 2.75) is 30.6 Å². The van der Waals surface area contributed by atoms with Crippen LogP contribution in [0.15, 0.2) is 0 Å². The van der Waals surface area contributed by atoms with Crippen LogP contribution in [-0.4, -0.2) is 47.5 Å². The number of cyclic esters (lactones) is 2. The summed E-state index contributed by atoms with van der Waals surface area (Å²) >= 11 is 1.83. The van der Waals surface area contributed by atoms with Crippen LogP contribution in [0.4, 0.5) is 0 Å². The fourth-order valence-corrected chi connectivity index (χ4v) is 3.44. The summed E-state index contributed by atoms with van der Waals surface area (Å²) < 4.78 is 4.52. The molecule has 84 valence electrons. The van der Waals surface area contributed by atoms with Gasteiger partial charge in [-0.3, -0.25) is 14.5 Å². The van der Waals surface area contributed by atoms with Crippen molar-refractivity contribution in [2.75, 3.05) is 19.3 Å². The van der Waals surface area contributed by atoms with Crippen LogP contribution >= 0.6 is 11.8 Å². The number of morpholine rings is 1. The molecule has 1 saturated carbocycles. The SMILES string of the molecule is CSC1CCCC1N1CC(=O)OC(=O)C1. The fraction of sp³-hybridized carbons (Fsp3) is 0.800. The van der Waals surface area contributed by atoms with Crippen molar-refractivity contribution in [3.8, 4) is 0 Å². The van der Waals surface area contributed by atoms with Crippen LogP contribution in [-0.2, 0) is 14.3 Å². The Bertz CT molecular complexity index is 266. The molecule has 1 aliphatic heterocycles. The highest BCUT2D eigenvalue weighted by atomic mass is 32.2. The summed E-state index contributed by atoms with van der Waals surface area (Å²) in [6, 6.07) is 0.372. The van der Waals surface area contributed by atoms with E-state index in [0.29, 0.717) is 11.3 Å². The van der Waals surface area contributed by atoms with Gasteiger partial charge < -0.3 is 4.74 Å². The second-order valence-electron chi connectivity index (χ2n) is 4.02. The molecule has 0 aromatic heterocycles. The Hall–Kier alpha value is -0.550. The molecule has 4 nitrogen and oxygen atoms in total. The number of rotatable bonds is 2. The van der Waals surface area contributed by atoms with Crippen LogP contribution in [0.3, 0.4) is 0 Å². The van der Waals surface area contributed by atoms with Gasteiger partial charge in [0.05, 0.1) is 13.1 Å². The lowest BCUT2D eigenvalue weighted by molar-refractivity contribution is -0.167. The van der Waals surface area contributed by atoms with Crippen LogP contribution in [0.1, 0.15) is 19.3 Å². The van der Waals surface area contributed by atoms with E-state index in [4.69, 9.17) is 0 Å². The molecule has 5 heteroatoms. The Labute approximate surface area is 93.3 Å². The molecule has 2 fully saturated rings. The third kappa shape index (κ3) is 2.34. The molecule has 0 aromatic carbocycles. The minimum absolute atomic E-state index is 0.271. The molecule has 2 aliphatic rings. The standard InChI is InChI=1S/C10H15NO3S/c1-15-8-4-2-3-7(8)11-5-9(12)14-10(13)6-11/h7-8H,2-6H2,1H3. The molecule has 15 heavy (non-hydrogen) atoms. The van der Waals surface area contributed by atoms with Crippen LogP contribution in [0.25, 0.3) is 0 Å². The minimum atomic E-state index is -0.405. The maximum atomic E-state index is 11.1.